The van der Waals surface area contributed by atoms with E-state index in [0.29, 0.717) is 11.1 Å². The molecule has 0 spiro atoms. The molecule has 2 atom stereocenters. The predicted molar refractivity (Wildman–Crippen MR) is 81.4 cm³/mol. The van der Waals surface area contributed by atoms with E-state index in [4.69, 9.17) is 0 Å². The van der Waals surface area contributed by atoms with Crippen LogP contribution in [0.5, 0.6) is 0 Å². The maximum absolute atomic E-state index is 12.6. The Morgan fingerprint density at radius 2 is 1.57 bits per heavy atom. The lowest BCUT2D eigenvalue weighted by molar-refractivity contribution is -0.147. The van der Waals surface area contributed by atoms with Crippen molar-refractivity contribution in [3.05, 3.63) is 71.8 Å². The molecule has 2 aromatic rings. The topological polar surface area (TPSA) is 86.7 Å². The summed E-state index contributed by atoms with van der Waals surface area (Å²) in [6.07, 6.45) is 0. The molecular formula is C17H14N2O4. The Kier molecular flexibility index (Phi) is 3.80. The predicted octanol–water partition coefficient (Wildman–Crippen LogP) is 2.11. The van der Waals surface area contributed by atoms with Gasteiger partial charge in [-0.2, -0.15) is 0 Å². The highest BCUT2D eigenvalue weighted by molar-refractivity contribution is 6.07. The highest BCUT2D eigenvalue weighted by Crippen LogP contribution is 2.30. The highest BCUT2D eigenvalue weighted by Gasteiger charge is 2.45. The molecule has 2 aromatic carbocycles. The molecule has 116 valence electrons. The van der Waals surface area contributed by atoms with Crippen molar-refractivity contribution in [2.75, 3.05) is 0 Å². The van der Waals surface area contributed by atoms with E-state index in [2.05, 4.69) is 5.32 Å². The van der Waals surface area contributed by atoms with Gasteiger partial charge in [-0.25, -0.2) is 14.5 Å². The number of nitrogens with zero attached hydrogens (tertiary/aromatic N) is 1. The second-order valence-electron chi connectivity index (χ2n) is 5.15. The molecule has 1 heterocycles. The van der Waals surface area contributed by atoms with Crippen LogP contribution in [0, 0.1) is 0 Å². The third kappa shape index (κ3) is 2.66. The summed E-state index contributed by atoms with van der Waals surface area (Å²) in [7, 11) is 0. The van der Waals surface area contributed by atoms with E-state index in [0.717, 1.165) is 4.90 Å². The number of benzene rings is 2. The number of hydrogen-bond donors (Lipinski definition) is 2. The van der Waals surface area contributed by atoms with Gasteiger partial charge in [0, 0.05) is 0 Å². The molecule has 2 unspecified atom stereocenters. The van der Waals surface area contributed by atoms with Crippen LogP contribution in [0.3, 0.4) is 0 Å². The van der Waals surface area contributed by atoms with Gasteiger partial charge in [0.05, 0.1) is 0 Å². The Morgan fingerprint density at radius 1 is 1.00 bits per heavy atom. The van der Waals surface area contributed by atoms with Crippen molar-refractivity contribution >= 4 is 17.9 Å². The molecule has 1 fully saturated rings. The van der Waals surface area contributed by atoms with Crippen LogP contribution in [0.1, 0.15) is 23.2 Å². The van der Waals surface area contributed by atoms with Crippen LogP contribution in [-0.2, 0) is 9.59 Å². The van der Waals surface area contributed by atoms with E-state index < -0.39 is 30.0 Å². The minimum absolute atomic E-state index is 0.372. The van der Waals surface area contributed by atoms with E-state index in [9.17, 15) is 19.5 Å². The van der Waals surface area contributed by atoms with Crippen LogP contribution in [0.25, 0.3) is 0 Å². The van der Waals surface area contributed by atoms with Crippen molar-refractivity contribution in [3.63, 3.8) is 0 Å². The van der Waals surface area contributed by atoms with Gasteiger partial charge >= 0.3 is 12.0 Å². The Morgan fingerprint density at radius 3 is 2.13 bits per heavy atom. The van der Waals surface area contributed by atoms with Gasteiger partial charge in [0.25, 0.3) is 5.91 Å². The number of carbonyl (C=O) groups is 3. The van der Waals surface area contributed by atoms with Crippen molar-refractivity contribution in [2.45, 2.75) is 12.1 Å². The molecule has 1 saturated heterocycles. The summed E-state index contributed by atoms with van der Waals surface area (Å²) in [4.78, 5) is 37.3. The fraction of sp³-hybridized carbons (Fsp3) is 0.118. The molecule has 6 nitrogen and oxygen atoms in total. The largest absolute Gasteiger partial charge is 0.479 e. The van der Waals surface area contributed by atoms with Gasteiger partial charge in [-0.05, 0) is 11.1 Å². The number of carboxylic acids is 1. The summed E-state index contributed by atoms with van der Waals surface area (Å²) >= 11 is 0. The van der Waals surface area contributed by atoms with Gasteiger partial charge in [0.2, 0.25) is 0 Å². The molecule has 6 heteroatoms. The molecular weight excluding hydrogens is 296 g/mol. The maximum Gasteiger partial charge on any atom is 0.331 e. The third-order valence-electron chi connectivity index (χ3n) is 3.71. The third-order valence-corrected chi connectivity index (χ3v) is 3.71. The van der Waals surface area contributed by atoms with Crippen molar-refractivity contribution in [1.82, 2.24) is 10.2 Å². The Labute approximate surface area is 132 Å². The lowest BCUT2D eigenvalue weighted by Crippen LogP contribution is -2.39. The lowest BCUT2D eigenvalue weighted by Gasteiger charge is -2.22. The number of aliphatic carboxylic acids is 1. The summed E-state index contributed by atoms with van der Waals surface area (Å²) in [6.45, 7) is 0. The smallest absolute Gasteiger partial charge is 0.331 e. The number of rotatable bonds is 4. The second kappa shape index (κ2) is 5.92. The molecule has 1 aliphatic rings. The zero-order valence-electron chi connectivity index (χ0n) is 12.0. The molecule has 0 aromatic heterocycles. The molecule has 0 aliphatic carbocycles. The number of carbonyl (C=O) groups excluding carboxylic acids is 2. The summed E-state index contributed by atoms with van der Waals surface area (Å²) in [5.41, 5.74) is 0.989. The van der Waals surface area contributed by atoms with Crippen molar-refractivity contribution in [2.24, 2.45) is 0 Å². The number of amides is 3. The first-order valence-corrected chi connectivity index (χ1v) is 7.06. The minimum atomic E-state index is -1.35. The molecule has 3 rings (SSSR count). The first kappa shape index (κ1) is 14.8. The van der Waals surface area contributed by atoms with E-state index >= 15 is 0 Å². The average Bonchev–Trinajstić information content (AvgIpc) is 2.85. The minimum Gasteiger partial charge on any atom is -0.479 e. The number of hydrogen-bond acceptors (Lipinski definition) is 3. The summed E-state index contributed by atoms with van der Waals surface area (Å²) < 4.78 is 0. The summed E-state index contributed by atoms with van der Waals surface area (Å²) in [5.74, 6) is -1.83. The standard InChI is InChI=1S/C17H14N2O4/c20-15-13(11-7-3-1-4-8-11)18-17(23)19(15)14(16(21)22)12-9-5-2-6-10-12/h1-10,13-14H,(H,18,23)(H,21,22). The summed E-state index contributed by atoms with van der Waals surface area (Å²) in [6, 6.07) is 14.0. The van der Waals surface area contributed by atoms with Gasteiger partial charge in [0.15, 0.2) is 6.04 Å². The van der Waals surface area contributed by atoms with E-state index in [1.165, 1.54) is 0 Å². The molecule has 0 radical (unpaired) electrons. The monoisotopic (exact) mass is 310 g/mol. The summed E-state index contributed by atoms with van der Waals surface area (Å²) in [5, 5.41) is 12.1. The van der Waals surface area contributed by atoms with Crippen molar-refractivity contribution < 1.29 is 19.5 Å². The molecule has 1 aliphatic heterocycles. The number of imide groups is 1. The first-order chi connectivity index (χ1) is 11.1. The van der Waals surface area contributed by atoms with Gasteiger partial charge in [-0.3, -0.25) is 4.79 Å². The normalized spacial score (nSPS) is 18.6. The van der Waals surface area contributed by atoms with Crippen LogP contribution in [-0.4, -0.2) is 27.9 Å². The number of urea groups is 1. The van der Waals surface area contributed by atoms with Crippen LogP contribution >= 0.6 is 0 Å². The SMILES string of the molecule is O=C(O)C(c1ccccc1)N1C(=O)NC(c2ccccc2)C1=O. The molecule has 0 bridgehead atoms. The van der Waals surface area contributed by atoms with Gasteiger partial charge in [-0.15, -0.1) is 0 Å². The second-order valence-corrected chi connectivity index (χ2v) is 5.15. The Hall–Kier alpha value is -3.15. The van der Waals surface area contributed by atoms with Crippen LogP contribution in [0.2, 0.25) is 0 Å². The number of carboxylic acid groups (broad SMARTS) is 1. The zero-order chi connectivity index (χ0) is 16.4. The van der Waals surface area contributed by atoms with E-state index in [1.807, 2.05) is 0 Å². The molecule has 3 amide bonds. The van der Waals surface area contributed by atoms with Crippen LogP contribution in [0.15, 0.2) is 60.7 Å². The fourth-order valence-electron chi connectivity index (χ4n) is 2.65. The molecule has 23 heavy (non-hydrogen) atoms. The highest BCUT2D eigenvalue weighted by atomic mass is 16.4. The quantitative estimate of drug-likeness (QED) is 0.847. The fourth-order valence-corrected chi connectivity index (χ4v) is 2.65. The Balaban J connectivity index is 1.97. The van der Waals surface area contributed by atoms with Crippen LogP contribution in [0.4, 0.5) is 4.79 Å². The number of nitrogens with one attached hydrogen (secondary N) is 1. The van der Waals surface area contributed by atoms with E-state index in [-0.39, 0.29) is 0 Å². The molecule has 2 N–H and O–H groups in total. The van der Waals surface area contributed by atoms with Crippen LogP contribution < -0.4 is 5.32 Å². The lowest BCUT2D eigenvalue weighted by atomic mass is 10.0. The van der Waals surface area contributed by atoms with Gasteiger partial charge in [-0.1, -0.05) is 60.7 Å². The van der Waals surface area contributed by atoms with Gasteiger partial charge < -0.3 is 10.4 Å². The molecule has 0 saturated carbocycles. The first-order valence-electron chi connectivity index (χ1n) is 7.06. The van der Waals surface area contributed by atoms with Gasteiger partial charge in [0.1, 0.15) is 6.04 Å². The maximum atomic E-state index is 12.6. The average molecular weight is 310 g/mol. The van der Waals surface area contributed by atoms with Crippen molar-refractivity contribution in [1.29, 1.82) is 0 Å². The zero-order valence-corrected chi connectivity index (χ0v) is 12.0. The Bertz CT molecular complexity index is 746. The van der Waals surface area contributed by atoms with E-state index in [1.54, 1.807) is 60.7 Å². The van der Waals surface area contributed by atoms with Crippen molar-refractivity contribution in [3.8, 4) is 0 Å².